The molecule has 0 radical (unpaired) electrons. The van der Waals surface area contributed by atoms with Crippen LogP contribution in [0.1, 0.15) is 47.5 Å². The Bertz CT molecular complexity index is 260. The Balaban J connectivity index is -0.000000106. The van der Waals surface area contributed by atoms with Crippen molar-refractivity contribution in [3.8, 4) is 0 Å². The summed E-state index contributed by atoms with van der Waals surface area (Å²) in [6.45, 7) is 16.8. The quantitative estimate of drug-likeness (QED) is 0.596. The lowest BCUT2D eigenvalue weighted by Gasteiger charge is -2.27. The van der Waals surface area contributed by atoms with Gasteiger partial charge in [0, 0.05) is 6.42 Å². The van der Waals surface area contributed by atoms with Crippen molar-refractivity contribution in [1.29, 1.82) is 0 Å². The lowest BCUT2D eigenvalue weighted by molar-refractivity contribution is -0.117. The number of carbonyl (C=O) groups excluding carboxylic acids is 1. The number of ketones is 1. The van der Waals surface area contributed by atoms with Gasteiger partial charge in [-0.05, 0) is 38.7 Å². The molecule has 108 valence electrons. The van der Waals surface area contributed by atoms with E-state index in [2.05, 4.69) is 27.0 Å². The monoisotopic (exact) mass is 256 g/mol. The van der Waals surface area contributed by atoms with Gasteiger partial charge in [0.2, 0.25) is 0 Å². The first kappa shape index (κ1) is 25.6. The first-order valence-electron chi connectivity index (χ1n) is 5.67. The van der Waals surface area contributed by atoms with Gasteiger partial charge in [0.15, 0.2) is 5.78 Å². The van der Waals surface area contributed by atoms with Crippen LogP contribution in [0.2, 0.25) is 0 Å². The minimum Gasteiger partial charge on any atom is -0.344 e. The average molecular weight is 256 g/mol. The lowest BCUT2D eigenvalue weighted by Crippen LogP contribution is -2.20. The van der Waals surface area contributed by atoms with E-state index in [-0.39, 0.29) is 23.5 Å². The van der Waals surface area contributed by atoms with Gasteiger partial charge < -0.3 is 12.3 Å². The van der Waals surface area contributed by atoms with Crippen LogP contribution >= 0.6 is 0 Å². The van der Waals surface area contributed by atoms with Gasteiger partial charge in [-0.25, -0.2) is 0 Å². The van der Waals surface area contributed by atoms with Crippen LogP contribution in [-0.2, 0) is 4.79 Å². The molecule has 0 bridgehead atoms. The molecule has 3 nitrogen and oxygen atoms in total. The molecule has 1 rings (SSSR count). The van der Waals surface area contributed by atoms with E-state index in [4.69, 9.17) is 0 Å². The summed E-state index contributed by atoms with van der Waals surface area (Å²) in [5.74, 6) is 0.286. The Hall–Kier alpha value is -1.19. The first-order valence-corrected chi connectivity index (χ1v) is 5.67. The molecule has 0 aromatic heterocycles. The highest BCUT2D eigenvalue weighted by Gasteiger charge is 2.25. The van der Waals surface area contributed by atoms with Crippen molar-refractivity contribution in [2.75, 3.05) is 0 Å². The zero-order valence-electron chi connectivity index (χ0n) is 12.9. The van der Waals surface area contributed by atoms with Crippen LogP contribution < -0.4 is 12.3 Å². The number of rotatable bonds is 0. The van der Waals surface area contributed by atoms with E-state index < -0.39 is 0 Å². The second-order valence-corrected chi connectivity index (χ2v) is 4.79. The van der Waals surface area contributed by atoms with Crippen LogP contribution in [0.5, 0.6) is 0 Å². The lowest BCUT2D eigenvalue weighted by atomic mass is 9.77. The second kappa shape index (κ2) is 13.9. The predicted octanol–water partition coefficient (Wildman–Crippen LogP) is 5.03. The molecule has 0 unspecified atom stereocenters. The van der Waals surface area contributed by atoms with Crippen LogP contribution in [0.3, 0.4) is 0 Å². The van der Waals surface area contributed by atoms with Crippen molar-refractivity contribution in [2.24, 2.45) is 5.41 Å². The summed E-state index contributed by atoms with van der Waals surface area (Å²) in [7, 11) is 0. The molecular formula is C15H32N2O. The number of hydrogen-bond donors (Lipinski definition) is 2. The number of carbonyl (C=O) groups is 1. The molecule has 0 heterocycles. The minimum absolute atomic E-state index is 0. The molecule has 0 atom stereocenters. The smallest absolute Gasteiger partial charge is 0.156 e. The summed E-state index contributed by atoms with van der Waals surface area (Å²) in [5, 5.41) is 0. The summed E-state index contributed by atoms with van der Waals surface area (Å²) in [6, 6.07) is 0. The van der Waals surface area contributed by atoms with Gasteiger partial charge in [-0.2, -0.15) is 0 Å². The molecule has 0 aromatic rings. The maximum Gasteiger partial charge on any atom is 0.156 e. The molecule has 3 heteroatoms. The summed E-state index contributed by atoms with van der Waals surface area (Å²) >= 11 is 0. The molecule has 0 spiro atoms. The third kappa shape index (κ3) is 17.2. The molecule has 1 aliphatic carbocycles. The molecule has 1 aliphatic rings. The topological polar surface area (TPSA) is 87.1 Å². The van der Waals surface area contributed by atoms with Gasteiger partial charge in [-0.3, -0.25) is 4.79 Å². The molecule has 0 amide bonds. The standard InChI is InChI=1S/C9H14O.2C3H6.2H3N/c1-7-4-8(10)6-9(2,3)5-7;2*1-3-2;;/h4H,5-6H2,1-3H3;2*3H,1H2,2H3;2*1H3. The molecule has 0 saturated carbocycles. The minimum atomic E-state index is 0. The largest absolute Gasteiger partial charge is 0.344 e. The SMILES string of the molecule is C=CC.C=CC.CC1=CC(=O)CC(C)(C)C1.N.N. The summed E-state index contributed by atoms with van der Waals surface area (Å²) in [4.78, 5) is 11.0. The van der Waals surface area contributed by atoms with E-state index in [1.165, 1.54) is 5.57 Å². The highest BCUT2D eigenvalue weighted by molar-refractivity contribution is 5.91. The normalized spacial score (nSPS) is 14.9. The molecule has 0 fully saturated rings. The third-order valence-corrected chi connectivity index (χ3v) is 1.82. The molecule has 0 saturated heterocycles. The Morgan fingerprint density at radius 2 is 1.44 bits per heavy atom. The van der Waals surface area contributed by atoms with Crippen LogP contribution in [0, 0.1) is 5.41 Å². The van der Waals surface area contributed by atoms with Crippen molar-refractivity contribution >= 4 is 5.78 Å². The molecule has 6 N–H and O–H groups in total. The molecule has 18 heavy (non-hydrogen) atoms. The maximum absolute atomic E-state index is 11.0. The van der Waals surface area contributed by atoms with E-state index in [0.717, 1.165) is 6.42 Å². The zero-order chi connectivity index (χ0) is 13.2. The number of allylic oxidation sites excluding steroid dienone is 4. The molecule has 0 aliphatic heterocycles. The van der Waals surface area contributed by atoms with Crippen LogP contribution in [0.4, 0.5) is 0 Å². The predicted molar refractivity (Wildman–Crippen MR) is 83.6 cm³/mol. The molecular weight excluding hydrogens is 224 g/mol. The maximum atomic E-state index is 11.0. The van der Waals surface area contributed by atoms with E-state index in [1.807, 2.05) is 20.8 Å². The zero-order valence-corrected chi connectivity index (χ0v) is 12.9. The highest BCUT2D eigenvalue weighted by atomic mass is 16.1. The summed E-state index contributed by atoms with van der Waals surface area (Å²) in [5.41, 5.74) is 1.43. The Labute approximate surface area is 113 Å². The fourth-order valence-electron chi connectivity index (χ4n) is 1.67. The van der Waals surface area contributed by atoms with Crippen molar-refractivity contribution in [1.82, 2.24) is 12.3 Å². The Morgan fingerprint density at radius 1 is 1.11 bits per heavy atom. The van der Waals surface area contributed by atoms with Crippen molar-refractivity contribution in [3.05, 3.63) is 37.0 Å². The van der Waals surface area contributed by atoms with Crippen molar-refractivity contribution in [2.45, 2.75) is 47.5 Å². The van der Waals surface area contributed by atoms with Crippen LogP contribution in [0.25, 0.3) is 0 Å². The van der Waals surface area contributed by atoms with E-state index in [1.54, 1.807) is 18.2 Å². The van der Waals surface area contributed by atoms with E-state index in [0.29, 0.717) is 6.42 Å². The third-order valence-electron chi connectivity index (χ3n) is 1.82. The van der Waals surface area contributed by atoms with Gasteiger partial charge in [-0.1, -0.05) is 31.6 Å². The highest BCUT2D eigenvalue weighted by Crippen LogP contribution is 2.32. The summed E-state index contributed by atoms with van der Waals surface area (Å²) in [6.07, 6.45) is 7.05. The summed E-state index contributed by atoms with van der Waals surface area (Å²) < 4.78 is 0. The first-order chi connectivity index (χ1) is 7.32. The van der Waals surface area contributed by atoms with E-state index >= 15 is 0 Å². The second-order valence-electron chi connectivity index (χ2n) is 4.79. The fourth-order valence-corrected chi connectivity index (χ4v) is 1.67. The van der Waals surface area contributed by atoms with Crippen molar-refractivity contribution in [3.63, 3.8) is 0 Å². The van der Waals surface area contributed by atoms with E-state index in [9.17, 15) is 4.79 Å². The molecule has 0 aromatic carbocycles. The van der Waals surface area contributed by atoms with Gasteiger partial charge in [-0.15, -0.1) is 13.2 Å². The van der Waals surface area contributed by atoms with Crippen LogP contribution in [0.15, 0.2) is 37.0 Å². The Morgan fingerprint density at radius 3 is 1.67 bits per heavy atom. The van der Waals surface area contributed by atoms with Gasteiger partial charge in [0.1, 0.15) is 0 Å². The Kier molecular flexibility index (Phi) is 19.7. The van der Waals surface area contributed by atoms with Gasteiger partial charge in [0.25, 0.3) is 0 Å². The van der Waals surface area contributed by atoms with Crippen molar-refractivity contribution < 1.29 is 4.79 Å². The number of hydrogen-bond acceptors (Lipinski definition) is 3. The average Bonchev–Trinajstić information content (AvgIpc) is 2.00. The van der Waals surface area contributed by atoms with Gasteiger partial charge >= 0.3 is 0 Å². The van der Waals surface area contributed by atoms with Gasteiger partial charge in [0.05, 0.1) is 0 Å². The van der Waals surface area contributed by atoms with Crippen LogP contribution in [-0.4, -0.2) is 5.78 Å². The fraction of sp³-hybridized carbons (Fsp3) is 0.533.